The Morgan fingerprint density at radius 1 is 1.06 bits per heavy atom. The number of rotatable bonds is 3. The number of benzene rings is 2. The second-order valence-corrected chi connectivity index (χ2v) is 8.48. The topological polar surface area (TPSA) is 51.0 Å². The van der Waals surface area contributed by atoms with Crippen LogP contribution in [0, 0.1) is 6.92 Å². The molecule has 0 N–H and O–H groups in total. The van der Waals surface area contributed by atoms with Gasteiger partial charge in [0.1, 0.15) is 0 Å². The lowest BCUT2D eigenvalue weighted by Gasteiger charge is -2.29. The first-order valence-corrected chi connectivity index (χ1v) is 10.9. The van der Waals surface area contributed by atoms with Crippen LogP contribution >= 0.6 is 0 Å². The quantitative estimate of drug-likeness (QED) is 0.443. The van der Waals surface area contributed by atoms with Gasteiger partial charge in [-0.15, -0.1) is 0 Å². The van der Waals surface area contributed by atoms with Gasteiger partial charge in [0.05, 0.1) is 22.8 Å². The summed E-state index contributed by atoms with van der Waals surface area (Å²) in [5.74, 6) is 0.0118. The van der Waals surface area contributed by atoms with Gasteiger partial charge in [0.2, 0.25) is 0 Å². The number of aryl methyl sites for hydroxylation is 2. The SMILES string of the molecule is Cc1ccccc1-c1cc(C(=O)N2CCCc3ccccc32)c2cnn(C(C)C)c2n1. The maximum absolute atomic E-state index is 13.9. The number of para-hydroxylation sites is 1. The molecule has 0 radical (unpaired) electrons. The van der Waals surface area contributed by atoms with Gasteiger partial charge in [-0.25, -0.2) is 9.67 Å². The van der Waals surface area contributed by atoms with Crippen molar-refractivity contribution in [3.05, 3.63) is 77.5 Å². The predicted octanol–water partition coefficient (Wildman–Crippen LogP) is 5.58. The minimum absolute atomic E-state index is 0.0118. The molecule has 4 aromatic rings. The van der Waals surface area contributed by atoms with Crippen LogP contribution in [-0.2, 0) is 6.42 Å². The van der Waals surface area contributed by atoms with Crippen LogP contribution in [0.3, 0.4) is 0 Å². The van der Waals surface area contributed by atoms with Crippen molar-refractivity contribution in [2.45, 2.75) is 39.7 Å². The Morgan fingerprint density at radius 3 is 2.65 bits per heavy atom. The molecule has 0 atom stereocenters. The molecule has 1 amide bonds. The highest BCUT2D eigenvalue weighted by Crippen LogP contribution is 2.32. The molecular weight excluding hydrogens is 384 g/mol. The Labute approximate surface area is 182 Å². The Hall–Kier alpha value is -3.47. The maximum atomic E-state index is 13.9. The van der Waals surface area contributed by atoms with Crippen molar-refractivity contribution < 1.29 is 4.79 Å². The molecule has 1 aliphatic heterocycles. The second kappa shape index (κ2) is 7.65. The van der Waals surface area contributed by atoms with Crippen molar-refractivity contribution in [1.29, 1.82) is 0 Å². The molecule has 1 aliphatic rings. The standard InChI is InChI=1S/C26H26N4O/c1-17(2)30-25-22(16-27-30)21(15-23(28-25)20-12-6-4-9-18(20)3)26(31)29-14-8-11-19-10-5-7-13-24(19)29/h4-7,9-10,12-13,15-17H,8,11,14H2,1-3H3. The van der Waals surface area contributed by atoms with Crippen molar-refractivity contribution in [2.24, 2.45) is 0 Å². The van der Waals surface area contributed by atoms with Gasteiger partial charge in [0.15, 0.2) is 5.65 Å². The van der Waals surface area contributed by atoms with Gasteiger partial charge >= 0.3 is 0 Å². The fourth-order valence-corrected chi connectivity index (χ4v) is 4.46. The van der Waals surface area contributed by atoms with Crippen molar-refractivity contribution in [2.75, 3.05) is 11.4 Å². The summed E-state index contributed by atoms with van der Waals surface area (Å²) in [6, 6.07) is 18.5. The smallest absolute Gasteiger partial charge is 0.259 e. The highest BCUT2D eigenvalue weighted by atomic mass is 16.2. The van der Waals surface area contributed by atoms with E-state index in [0.29, 0.717) is 5.56 Å². The number of hydrogen-bond donors (Lipinski definition) is 0. The van der Waals surface area contributed by atoms with Crippen molar-refractivity contribution in [3.63, 3.8) is 0 Å². The van der Waals surface area contributed by atoms with Crippen molar-refractivity contribution >= 4 is 22.6 Å². The van der Waals surface area contributed by atoms with E-state index >= 15 is 0 Å². The summed E-state index contributed by atoms with van der Waals surface area (Å²) >= 11 is 0. The summed E-state index contributed by atoms with van der Waals surface area (Å²) < 4.78 is 1.90. The average molecular weight is 411 g/mol. The summed E-state index contributed by atoms with van der Waals surface area (Å²) in [6.45, 7) is 6.95. The first-order chi connectivity index (χ1) is 15.0. The first kappa shape index (κ1) is 19.5. The summed E-state index contributed by atoms with van der Waals surface area (Å²) in [4.78, 5) is 20.8. The molecular formula is C26H26N4O. The molecule has 31 heavy (non-hydrogen) atoms. The van der Waals surface area contributed by atoms with Crippen LogP contribution in [0.15, 0.2) is 60.8 Å². The van der Waals surface area contributed by atoms with Gasteiger partial charge in [-0.3, -0.25) is 4.79 Å². The number of aromatic nitrogens is 3. The number of hydrogen-bond acceptors (Lipinski definition) is 3. The summed E-state index contributed by atoms with van der Waals surface area (Å²) in [5.41, 5.74) is 6.63. The molecule has 156 valence electrons. The third-order valence-electron chi connectivity index (χ3n) is 6.06. The van der Waals surface area contributed by atoms with Gasteiger partial charge in [-0.05, 0) is 56.9 Å². The number of carbonyl (C=O) groups is 1. The van der Waals surface area contributed by atoms with Gasteiger partial charge in [-0.1, -0.05) is 42.5 Å². The molecule has 0 saturated heterocycles. The molecule has 2 aromatic carbocycles. The highest BCUT2D eigenvalue weighted by molar-refractivity contribution is 6.14. The molecule has 5 rings (SSSR count). The van der Waals surface area contributed by atoms with Crippen LogP contribution in [-0.4, -0.2) is 27.2 Å². The summed E-state index contributed by atoms with van der Waals surface area (Å²) in [7, 11) is 0. The van der Waals surface area contributed by atoms with Crippen LogP contribution in [0.5, 0.6) is 0 Å². The molecule has 0 bridgehead atoms. The van der Waals surface area contributed by atoms with Crippen LogP contribution in [0.2, 0.25) is 0 Å². The van der Waals surface area contributed by atoms with E-state index in [2.05, 4.69) is 44.1 Å². The van der Waals surface area contributed by atoms with E-state index in [4.69, 9.17) is 4.98 Å². The zero-order valence-electron chi connectivity index (χ0n) is 18.2. The molecule has 5 nitrogen and oxygen atoms in total. The zero-order valence-corrected chi connectivity index (χ0v) is 18.2. The number of amides is 1. The van der Waals surface area contributed by atoms with E-state index in [1.54, 1.807) is 6.20 Å². The molecule has 0 saturated carbocycles. The Bertz CT molecular complexity index is 1290. The summed E-state index contributed by atoms with van der Waals surface area (Å²) in [5, 5.41) is 5.37. The van der Waals surface area contributed by atoms with Crippen LogP contribution < -0.4 is 4.90 Å². The molecule has 0 unspecified atom stereocenters. The Balaban J connectivity index is 1.71. The van der Waals surface area contributed by atoms with E-state index in [0.717, 1.165) is 52.9 Å². The summed E-state index contributed by atoms with van der Waals surface area (Å²) in [6.07, 6.45) is 3.76. The Kier molecular flexibility index (Phi) is 4.81. The van der Waals surface area contributed by atoms with Gasteiger partial charge in [-0.2, -0.15) is 5.10 Å². The van der Waals surface area contributed by atoms with Crippen molar-refractivity contribution in [3.8, 4) is 11.3 Å². The van der Waals surface area contributed by atoms with Crippen molar-refractivity contribution in [1.82, 2.24) is 14.8 Å². The minimum Gasteiger partial charge on any atom is -0.308 e. The molecule has 0 aliphatic carbocycles. The number of nitrogens with zero attached hydrogens (tertiary/aromatic N) is 4. The number of fused-ring (bicyclic) bond motifs is 2. The molecule has 0 fully saturated rings. The van der Waals surface area contributed by atoms with Gasteiger partial charge in [0.25, 0.3) is 5.91 Å². The monoisotopic (exact) mass is 410 g/mol. The van der Waals surface area contributed by atoms with E-state index < -0.39 is 0 Å². The minimum atomic E-state index is 0.0118. The number of anilines is 1. The second-order valence-electron chi connectivity index (χ2n) is 8.48. The van der Waals surface area contributed by atoms with Gasteiger partial charge in [0, 0.05) is 23.8 Å². The fourth-order valence-electron chi connectivity index (χ4n) is 4.46. The lowest BCUT2D eigenvalue weighted by Crippen LogP contribution is -2.35. The number of carbonyl (C=O) groups excluding carboxylic acids is 1. The highest BCUT2D eigenvalue weighted by Gasteiger charge is 2.27. The average Bonchev–Trinajstić information content (AvgIpc) is 3.22. The first-order valence-electron chi connectivity index (χ1n) is 10.9. The Morgan fingerprint density at radius 2 is 1.84 bits per heavy atom. The fraction of sp³-hybridized carbons (Fsp3) is 0.269. The normalized spacial score (nSPS) is 13.6. The van der Waals surface area contributed by atoms with E-state index in [1.165, 1.54) is 5.56 Å². The van der Waals surface area contributed by atoms with Crippen LogP contribution in [0.4, 0.5) is 5.69 Å². The van der Waals surface area contributed by atoms with Gasteiger partial charge < -0.3 is 4.90 Å². The molecule has 5 heteroatoms. The lowest BCUT2D eigenvalue weighted by atomic mass is 9.99. The van der Waals surface area contributed by atoms with Crippen LogP contribution in [0.25, 0.3) is 22.3 Å². The lowest BCUT2D eigenvalue weighted by molar-refractivity contribution is 0.0986. The van der Waals surface area contributed by atoms with E-state index in [-0.39, 0.29) is 11.9 Å². The zero-order chi connectivity index (χ0) is 21.5. The third-order valence-corrected chi connectivity index (χ3v) is 6.06. The molecule has 2 aromatic heterocycles. The van der Waals surface area contributed by atoms with E-state index in [9.17, 15) is 4.79 Å². The van der Waals surface area contributed by atoms with Crippen LogP contribution in [0.1, 0.15) is 47.8 Å². The number of pyridine rings is 1. The molecule has 0 spiro atoms. The largest absolute Gasteiger partial charge is 0.308 e. The third kappa shape index (κ3) is 3.30. The molecule has 3 heterocycles. The predicted molar refractivity (Wildman–Crippen MR) is 125 cm³/mol. The maximum Gasteiger partial charge on any atom is 0.259 e. The van der Waals surface area contributed by atoms with E-state index in [1.807, 2.05) is 46.0 Å².